The monoisotopic (exact) mass is 369 g/mol. The predicted octanol–water partition coefficient (Wildman–Crippen LogP) is 3.00. The second kappa shape index (κ2) is 7.22. The van der Waals surface area contributed by atoms with E-state index >= 15 is 0 Å². The number of furan rings is 1. The number of carbonyl (C=O) groups is 1. The van der Waals surface area contributed by atoms with Crippen LogP contribution in [0.2, 0.25) is 0 Å². The van der Waals surface area contributed by atoms with Gasteiger partial charge in [0, 0.05) is 24.2 Å². The summed E-state index contributed by atoms with van der Waals surface area (Å²) in [5, 5.41) is 2.80. The average molecular weight is 370 g/mol. The number of carbonyl (C=O) groups excluding carboxylic acids is 1. The zero-order valence-corrected chi connectivity index (χ0v) is 14.0. The minimum atomic E-state index is -0.244. The van der Waals surface area contributed by atoms with Crippen molar-refractivity contribution in [2.45, 2.75) is 6.54 Å². The highest BCUT2D eigenvalue weighted by molar-refractivity contribution is 9.10. The molecule has 1 heterocycles. The van der Waals surface area contributed by atoms with E-state index in [1.54, 1.807) is 39.5 Å². The van der Waals surface area contributed by atoms with Crippen molar-refractivity contribution in [3.05, 3.63) is 40.3 Å². The summed E-state index contributed by atoms with van der Waals surface area (Å²) in [6.07, 6.45) is 1.38. The maximum Gasteiger partial charge on any atom is 0.254 e. The molecule has 0 fully saturated rings. The van der Waals surface area contributed by atoms with E-state index in [0.717, 1.165) is 5.56 Å². The molecule has 2 aromatic rings. The third-order valence-electron chi connectivity index (χ3n) is 3.06. The van der Waals surface area contributed by atoms with Crippen LogP contribution in [0.15, 0.2) is 33.5 Å². The van der Waals surface area contributed by atoms with Crippen molar-refractivity contribution in [1.82, 2.24) is 5.32 Å². The van der Waals surface area contributed by atoms with Crippen LogP contribution in [-0.4, -0.2) is 27.2 Å². The highest BCUT2D eigenvalue weighted by Gasteiger charge is 2.14. The van der Waals surface area contributed by atoms with Crippen LogP contribution in [0.5, 0.6) is 17.2 Å². The molecule has 0 bridgehead atoms. The summed E-state index contributed by atoms with van der Waals surface area (Å²) in [7, 11) is 4.66. The molecule has 0 aliphatic carbocycles. The average Bonchev–Trinajstić information content (AvgIpc) is 2.98. The van der Waals surface area contributed by atoms with Crippen LogP contribution >= 0.6 is 15.9 Å². The SMILES string of the molecule is COc1cc(OC)c(OC)cc1CNC(=O)c1coc(Br)c1. The Hall–Kier alpha value is -2.15. The Morgan fingerprint density at radius 3 is 2.27 bits per heavy atom. The number of halogens is 1. The second-order valence-electron chi connectivity index (χ2n) is 4.34. The molecular formula is C15H16BrNO5. The topological polar surface area (TPSA) is 69.9 Å². The summed E-state index contributed by atoms with van der Waals surface area (Å²) in [6.45, 7) is 0.283. The lowest BCUT2D eigenvalue weighted by molar-refractivity contribution is 0.0950. The lowest BCUT2D eigenvalue weighted by atomic mass is 10.1. The maximum absolute atomic E-state index is 12.0. The molecule has 1 aromatic heterocycles. The van der Waals surface area contributed by atoms with Gasteiger partial charge in [-0.3, -0.25) is 4.79 Å². The minimum Gasteiger partial charge on any atom is -0.496 e. The zero-order chi connectivity index (χ0) is 16.1. The van der Waals surface area contributed by atoms with Gasteiger partial charge in [-0.2, -0.15) is 0 Å². The second-order valence-corrected chi connectivity index (χ2v) is 5.12. The van der Waals surface area contributed by atoms with Gasteiger partial charge in [0.2, 0.25) is 0 Å². The standard InChI is InChI=1S/C15H16BrNO5/c1-19-11-6-13(21-3)12(20-2)4-9(11)7-17-15(18)10-5-14(16)22-8-10/h4-6,8H,7H2,1-3H3,(H,17,18). The molecule has 0 aliphatic rings. The van der Waals surface area contributed by atoms with Crippen LogP contribution in [-0.2, 0) is 6.54 Å². The molecule has 118 valence electrons. The Kier molecular flexibility index (Phi) is 5.32. The molecule has 1 aromatic carbocycles. The Morgan fingerprint density at radius 2 is 1.73 bits per heavy atom. The van der Waals surface area contributed by atoms with Crippen LogP contribution in [0.25, 0.3) is 0 Å². The first-order valence-corrected chi connectivity index (χ1v) is 7.19. The number of nitrogens with one attached hydrogen (secondary N) is 1. The number of rotatable bonds is 6. The third-order valence-corrected chi connectivity index (χ3v) is 3.47. The number of hydrogen-bond donors (Lipinski definition) is 1. The minimum absolute atomic E-state index is 0.244. The number of benzene rings is 1. The first-order chi connectivity index (χ1) is 10.6. The van der Waals surface area contributed by atoms with Crippen molar-refractivity contribution in [1.29, 1.82) is 0 Å². The van der Waals surface area contributed by atoms with Gasteiger partial charge >= 0.3 is 0 Å². The van der Waals surface area contributed by atoms with E-state index in [1.807, 2.05) is 0 Å². The molecule has 1 amide bonds. The molecule has 7 heteroatoms. The van der Waals surface area contributed by atoms with E-state index in [2.05, 4.69) is 21.2 Å². The summed E-state index contributed by atoms with van der Waals surface area (Å²) in [5.74, 6) is 1.49. The molecular weight excluding hydrogens is 354 g/mol. The Bertz CT molecular complexity index is 668. The van der Waals surface area contributed by atoms with E-state index in [-0.39, 0.29) is 12.5 Å². The molecule has 0 spiro atoms. The molecule has 2 rings (SSSR count). The van der Waals surface area contributed by atoms with Crippen LogP contribution in [0, 0.1) is 0 Å². The fourth-order valence-corrected chi connectivity index (χ4v) is 2.28. The normalized spacial score (nSPS) is 10.2. The summed E-state index contributed by atoms with van der Waals surface area (Å²) < 4.78 is 21.3. The van der Waals surface area contributed by atoms with Gasteiger partial charge in [0.05, 0.1) is 26.9 Å². The molecule has 0 saturated heterocycles. The number of amides is 1. The molecule has 0 atom stereocenters. The molecule has 22 heavy (non-hydrogen) atoms. The van der Waals surface area contributed by atoms with Crippen molar-refractivity contribution in [3.63, 3.8) is 0 Å². The highest BCUT2D eigenvalue weighted by Crippen LogP contribution is 2.34. The fourth-order valence-electron chi connectivity index (χ4n) is 1.94. The van der Waals surface area contributed by atoms with Crippen LogP contribution in [0.4, 0.5) is 0 Å². The lowest BCUT2D eigenvalue weighted by Gasteiger charge is -2.14. The van der Waals surface area contributed by atoms with Gasteiger partial charge in [0.15, 0.2) is 16.2 Å². The third kappa shape index (κ3) is 3.54. The van der Waals surface area contributed by atoms with Crippen LogP contribution < -0.4 is 19.5 Å². The van der Waals surface area contributed by atoms with Gasteiger partial charge in [0.25, 0.3) is 5.91 Å². The zero-order valence-electron chi connectivity index (χ0n) is 12.4. The lowest BCUT2D eigenvalue weighted by Crippen LogP contribution is -2.22. The molecule has 6 nitrogen and oxygen atoms in total. The summed E-state index contributed by atoms with van der Waals surface area (Å²) in [4.78, 5) is 12.0. The van der Waals surface area contributed by atoms with Gasteiger partial charge in [-0.05, 0) is 22.0 Å². The Balaban J connectivity index is 2.16. The molecule has 1 N–H and O–H groups in total. The van der Waals surface area contributed by atoms with Crippen LogP contribution in [0.1, 0.15) is 15.9 Å². The number of methoxy groups -OCH3 is 3. The van der Waals surface area contributed by atoms with E-state index in [4.69, 9.17) is 18.6 Å². The number of hydrogen-bond acceptors (Lipinski definition) is 5. The van der Waals surface area contributed by atoms with Crippen LogP contribution in [0.3, 0.4) is 0 Å². The van der Waals surface area contributed by atoms with Crippen molar-refractivity contribution in [2.24, 2.45) is 0 Å². The van der Waals surface area contributed by atoms with Gasteiger partial charge in [0.1, 0.15) is 12.0 Å². The number of ether oxygens (including phenoxy) is 3. The molecule has 0 radical (unpaired) electrons. The van der Waals surface area contributed by atoms with Crippen molar-refractivity contribution in [2.75, 3.05) is 21.3 Å². The Morgan fingerprint density at radius 1 is 1.09 bits per heavy atom. The first-order valence-electron chi connectivity index (χ1n) is 6.40. The van der Waals surface area contributed by atoms with Gasteiger partial charge in [-0.15, -0.1) is 0 Å². The van der Waals surface area contributed by atoms with E-state index in [0.29, 0.717) is 27.5 Å². The molecule has 0 aliphatic heterocycles. The summed E-state index contributed by atoms with van der Waals surface area (Å²) in [6, 6.07) is 5.08. The van der Waals surface area contributed by atoms with E-state index in [1.165, 1.54) is 6.26 Å². The van der Waals surface area contributed by atoms with E-state index in [9.17, 15) is 4.79 Å². The predicted molar refractivity (Wildman–Crippen MR) is 83.7 cm³/mol. The summed E-state index contributed by atoms with van der Waals surface area (Å²) in [5.41, 5.74) is 1.21. The largest absolute Gasteiger partial charge is 0.496 e. The van der Waals surface area contributed by atoms with Gasteiger partial charge in [-0.25, -0.2) is 0 Å². The quantitative estimate of drug-likeness (QED) is 0.847. The van der Waals surface area contributed by atoms with Crippen molar-refractivity contribution >= 4 is 21.8 Å². The maximum atomic E-state index is 12.0. The highest BCUT2D eigenvalue weighted by atomic mass is 79.9. The van der Waals surface area contributed by atoms with E-state index < -0.39 is 0 Å². The van der Waals surface area contributed by atoms with Crippen molar-refractivity contribution < 1.29 is 23.4 Å². The fraction of sp³-hybridized carbons (Fsp3) is 0.267. The van der Waals surface area contributed by atoms with Gasteiger partial charge < -0.3 is 23.9 Å². The summed E-state index contributed by atoms with van der Waals surface area (Å²) >= 11 is 3.16. The molecule has 0 unspecified atom stereocenters. The first kappa shape index (κ1) is 16.2. The molecule has 0 saturated carbocycles. The van der Waals surface area contributed by atoms with Gasteiger partial charge in [-0.1, -0.05) is 0 Å². The Labute approximate surface area is 136 Å². The smallest absolute Gasteiger partial charge is 0.254 e. The van der Waals surface area contributed by atoms with Crippen molar-refractivity contribution in [3.8, 4) is 17.2 Å².